The Hall–Kier alpha value is -0.650. The van der Waals surface area contributed by atoms with Crippen molar-refractivity contribution in [1.82, 2.24) is 5.32 Å². The molecular weight excluding hydrogens is 486 g/mol. The van der Waals surface area contributed by atoms with Gasteiger partial charge in [0.25, 0.3) is 0 Å². The minimum atomic E-state index is -0.904. The van der Waals surface area contributed by atoms with Gasteiger partial charge in [0.05, 0.1) is 25.9 Å². The van der Waals surface area contributed by atoms with Crippen LogP contribution in [-0.4, -0.2) is 48.6 Å². The molecule has 0 aromatic carbocycles. The minimum absolute atomic E-state index is 0.0206. The molecule has 5 nitrogen and oxygen atoms in total. The Balaban J connectivity index is 0.000000339. The van der Waals surface area contributed by atoms with Crippen molar-refractivity contribution >= 4 is 5.97 Å². The summed E-state index contributed by atoms with van der Waals surface area (Å²) in [6.45, 7) is 19.9. The summed E-state index contributed by atoms with van der Waals surface area (Å²) in [5, 5.41) is 18.6. The number of aliphatic carboxylic acids is 1. The molecule has 1 aliphatic heterocycles. The average Bonchev–Trinajstić information content (AvgIpc) is 3.18. The molecule has 5 saturated carbocycles. The predicted molar refractivity (Wildman–Crippen MR) is 156 cm³/mol. The number of hydrogen-bond acceptors (Lipinski definition) is 4. The molecule has 1 heterocycles. The number of carboxylic acids is 1. The zero-order valence-electron chi connectivity index (χ0n) is 26.2. The molecule has 6 fully saturated rings. The highest BCUT2D eigenvalue weighted by atomic mass is 16.5. The third kappa shape index (κ3) is 4.46. The monoisotopic (exact) mass is 545 g/mol. The molecule has 224 valence electrons. The van der Waals surface area contributed by atoms with Gasteiger partial charge in [-0.3, -0.25) is 4.79 Å². The lowest BCUT2D eigenvalue weighted by atomic mass is 9.31. The number of nitrogens with one attached hydrogen (secondary N) is 1. The zero-order chi connectivity index (χ0) is 28.5. The van der Waals surface area contributed by atoms with Crippen molar-refractivity contribution in [1.29, 1.82) is 0 Å². The third-order valence-electron chi connectivity index (χ3n) is 14.4. The summed E-state index contributed by atoms with van der Waals surface area (Å²) >= 11 is 0. The van der Waals surface area contributed by atoms with E-state index >= 15 is 0 Å². The first-order valence-electron chi connectivity index (χ1n) is 16.3. The summed E-state index contributed by atoms with van der Waals surface area (Å²) < 4.78 is 6.73. The van der Waals surface area contributed by atoms with Crippen LogP contribution in [0.1, 0.15) is 119 Å². The number of fused-ring (bicyclic) bond motifs is 5. The van der Waals surface area contributed by atoms with Gasteiger partial charge in [0, 0.05) is 6.54 Å². The van der Waals surface area contributed by atoms with Crippen molar-refractivity contribution < 1.29 is 19.7 Å². The lowest BCUT2D eigenvalue weighted by Gasteiger charge is -2.73. The van der Waals surface area contributed by atoms with Crippen molar-refractivity contribution in [2.24, 2.45) is 56.2 Å². The van der Waals surface area contributed by atoms with Gasteiger partial charge < -0.3 is 20.3 Å². The molecule has 6 rings (SSSR count). The summed E-state index contributed by atoms with van der Waals surface area (Å²) in [6.07, 6.45) is 16.6. The summed E-state index contributed by atoms with van der Waals surface area (Å²) in [6, 6.07) is 0. The summed E-state index contributed by atoms with van der Waals surface area (Å²) in [4.78, 5) is 9.73. The lowest BCUT2D eigenvalue weighted by Crippen LogP contribution is -2.66. The van der Waals surface area contributed by atoms with Crippen LogP contribution < -0.4 is 5.32 Å². The van der Waals surface area contributed by atoms with Gasteiger partial charge in [0.2, 0.25) is 0 Å². The van der Waals surface area contributed by atoms with Gasteiger partial charge in [0.1, 0.15) is 0 Å². The second-order valence-corrected chi connectivity index (χ2v) is 16.9. The van der Waals surface area contributed by atoms with E-state index in [1.54, 1.807) is 0 Å². The largest absolute Gasteiger partial charge is 0.480 e. The molecule has 0 amide bonds. The van der Waals surface area contributed by atoms with Crippen LogP contribution in [0.15, 0.2) is 0 Å². The van der Waals surface area contributed by atoms with E-state index in [0.717, 1.165) is 30.3 Å². The first kappa shape index (κ1) is 29.8. The molecular formula is C34H59NO4. The maximum Gasteiger partial charge on any atom is 0.317 e. The van der Waals surface area contributed by atoms with Crippen LogP contribution in [-0.2, 0) is 9.53 Å². The van der Waals surface area contributed by atoms with Crippen molar-refractivity contribution in [3.05, 3.63) is 0 Å². The molecule has 0 aromatic rings. The smallest absolute Gasteiger partial charge is 0.317 e. The molecule has 9 atom stereocenters. The summed E-state index contributed by atoms with van der Waals surface area (Å²) in [7, 11) is 0. The van der Waals surface area contributed by atoms with Gasteiger partial charge in [-0.1, -0.05) is 54.9 Å². The number of carboxylic acid groups (broad SMARTS) is 1. The maximum atomic E-state index is 9.73. The maximum absolute atomic E-state index is 9.73. The van der Waals surface area contributed by atoms with Crippen molar-refractivity contribution in [2.75, 3.05) is 26.3 Å². The Bertz CT molecular complexity index is 932. The first-order valence-corrected chi connectivity index (χ1v) is 16.3. The van der Waals surface area contributed by atoms with Gasteiger partial charge in [-0.15, -0.1) is 0 Å². The normalized spacial score (nSPS) is 48.9. The van der Waals surface area contributed by atoms with E-state index in [0.29, 0.717) is 45.1 Å². The number of ether oxygens (including phenoxy) is 1. The second kappa shape index (κ2) is 9.97. The Morgan fingerprint density at radius 2 is 1.54 bits per heavy atom. The number of carbonyl (C=O) groups is 1. The quantitative estimate of drug-likeness (QED) is 0.334. The highest BCUT2D eigenvalue weighted by Crippen LogP contribution is 2.78. The summed E-state index contributed by atoms with van der Waals surface area (Å²) in [5.41, 5.74) is 3.05. The lowest BCUT2D eigenvalue weighted by molar-refractivity contribution is -0.242. The second-order valence-electron chi connectivity index (χ2n) is 16.9. The highest BCUT2D eigenvalue weighted by Gasteiger charge is 2.72. The molecule has 39 heavy (non-hydrogen) atoms. The van der Waals surface area contributed by atoms with Gasteiger partial charge in [0.15, 0.2) is 0 Å². The molecule has 0 radical (unpaired) electrons. The molecule has 0 spiro atoms. The Morgan fingerprint density at radius 1 is 0.821 bits per heavy atom. The van der Waals surface area contributed by atoms with E-state index in [1.807, 2.05) is 0 Å². The Kier molecular flexibility index (Phi) is 7.63. The molecule has 0 aromatic heterocycles. The Labute approximate surface area is 238 Å². The predicted octanol–water partition coefficient (Wildman–Crippen LogP) is 6.92. The van der Waals surface area contributed by atoms with Crippen LogP contribution >= 0.6 is 0 Å². The molecule has 2 bridgehead atoms. The topological polar surface area (TPSA) is 78.8 Å². The minimum Gasteiger partial charge on any atom is -0.480 e. The molecule has 1 saturated heterocycles. The van der Waals surface area contributed by atoms with E-state index < -0.39 is 5.97 Å². The zero-order valence-corrected chi connectivity index (χ0v) is 26.2. The first-order chi connectivity index (χ1) is 18.2. The fourth-order valence-electron chi connectivity index (χ4n) is 12.3. The van der Waals surface area contributed by atoms with E-state index in [1.165, 1.54) is 70.6 Å². The molecule has 5 aliphatic carbocycles. The van der Waals surface area contributed by atoms with E-state index in [-0.39, 0.29) is 13.2 Å². The summed E-state index contributed by atoms with van der Waals surface area (Å²) in [5.74, 6) is 2.70. The number of rotatable bonds is 4. The molecule has 6 aliphatic rings. The Morgan fingerprint density at radius 3 is 2.23 bits per heavy atom. The molecule has 7 unspecified atom stereocenters. The molecule has 5 heteroatoms. The third-order valence-corrected chi connectivity index (χ3v) is 14.4. The van der Waals surface area contributed by atoms with Crippen LogP contribution in [0.5, 0.6) is 0 Å². The van der Waals surface area contributed by atoms with Crippen LogP contribution in [0.25, 0.3) is 0 Å². The van der Waals surface area contributed by atoms with Gasteiger partial charge in [-0.25, -0.2) is 0 Å². The SMILES string of the molecule is CC1(C)CCCC2(C)C1CCC1(C)C2CCC2C3[C@H]4OCC3(CCC4(C)C)CC[C@]21C.O=C(O)CNCCO. The van der Waals surface area contributed by atoms with Crippen molar-refractivity contribution in [3.8, 4) is 0 Å². The highest BCUT2D eigenvalue weighted by molar-refractivity contribution is 5.68. The fraction of sp³-hybridized carbons (Fsp3) is 0.971. The van der Waals surface area contributed by atoms with Crippen LogP contribution in [0.4, 0.5) is 0 Å². The molecule has 3 N–H and O–H groups in total. The van der Waals surface area contributed by atoms with Gasteiger partial charge >= 0.3 is 5.97 Å². The van der Waals surface area contributed by atoms with Crippen molar-refractivity contribution in [3.63, 3.8) is 0 Å². The van der Waals surface area contributed by atoms with Crippen molar-refractivity contribution in [2.45, 2.75) is 125 Å². The van der Waals surface area contributed by atoms with Crippen LogP contribution in [0.2, 0.25) is 0 Å². The van der Waals surface area contributed by atoms with E-state index in [2.05, 4.69) is 53.8 Å². The number of hydrogen-bond donors (Lipinski definition) is 3. The van der Waals surface area contributed by atoms with Crippen LogP contribution in [0, 0.1) is 56.2 Å². The van der Waals surface area contributed by atoms with Gasteiger partial charge in [-0.05, 0) is 120 Å². The number of aliphatic hydroxyl groups excluding tert-OH is 1. The van der Waals surface area contributed by atoms with E-state index in [4.69, 9.17) is 14.9 Å². The fourth-order valence-corrected chi connectivity index (χ4v) is 12.3. The van der Waals surface area contributed by atoms with E-state index in [9.17, 15) is 4.79 Å². The van der Waals surface area contributed by atoms with Crippen LogP contribution in [0.3, 0.4) is 0 Å². The number of aliphatic hydroxyl groups is 1. The van der Waals surface area contributed by atoms with Gasteiger partial charge in [-0.2, -0.15) is 0 Å². The standard InChI is InChI=1S/C30H50O.C4H9NO3/c1-25(2)12-8-13-27(5)21(25)11-14-29(7)22(27)10-9-20-23-24-26(3,4)15-17-30(23,19-31-24)18-16-28(20,29)6;6-2-1-5-3-4(7)8/h20-24H,8-19H2,1-7H3;5-6H,1-3H2,(H,7,8)/t20?,21?,22?,23?,24-,27?,28-,29?,30?;/m1./s1. The average molecular weight is 546 g/mol.